The molecule has 0 bridgehead atoms. The Bertz CT molecular complexity index is 780. The monoisotopic (exact) mass is 348 g/mol. The number of carbonyl (C=O) groups excluding carboxylic acids is 2. The lowest BCUT2D eigenvalue weighted by Gasteiger charge is -2.08. The van der Waals surface area contributed by atoms with E-state index in [1.807, 2.05) is 0 Å². The summed E-state index contributed by atoms with van der Waals surface area (Å²) >= 11 is 0. The highest BCUT2D eigenvalue weighted by molar-refractivity contribution is 7.85. The van der Waals surface area contributed by atoms with Crippen LogP contribution in [-0.4, -0.2) is 28.3 Å². The second kappa shape index (κ2) is 8.35. The summed E-state index contributed by atoms with van der Waals surface area (Å²) in [5.41, 5.74) is 0.976. The molecule has 0 unspecified atom stereocenters. The first-order valence-corrected chi connectivity index (χ1v) is 8.58. The topological polar surface area (TPSA) is 75.3 Å². The van der Waals surface area contributed by atoms with Crippen LogP contribution in [0.25, 0.3) is 0 Å². The molecule has 126 valence electrons. The summed E-state index contributed by atoms with van der Waals surface area (Å²) in [6.07, 6.45) is 0. The minimum atomic E-state index is -1.53. The predicted molar refractivity (Wildman–Crippen MR) is 91.1 cm³/mol. The second-order valence-corrected chi connectivity index (χ2v) is 6.54. The summed E-state index contributed by atoms with van der Waals surface area (Å²) in [4.78, 5) is 23.2. The summed E-state index contributed by atoms with van der Waals surface area (Å²) in [6, 6.07) is 11.9. The first-order valence-electron chi connectivity index (χ1n) is 7.26. The van der Waals surface area contributed by atoms with Crippen molar-refractivity contribution in [3.8, 4) is 0 Å². The largest absolute Gasteiger partial charge is 0.337 e. The number of urea groups is 1. The quantitative estimate of drug-likeness (QED) is 0.788. The number of Topliss-reactive ketones (excluding diaryl/α,β-unsaturated/α-hetero) is 1. The van der Waals surface area contributed by atoms with Gasteiger partial charge in [-0.25, -0.2) is 9.18 Å². The molecule has 24 heavy (non-hydrogen) atoms. The fourth-order valence-electron chi connectivity index (χ4n) is 1.99. The van der Waals surface area contributed by atoms with Crippen LogP contribution >= 0.6 is 0 Å². The molecule has 0 aliphatic carbocycles. The minimum Gasteiger partial charge on any atom is -0.337 e. The molecule has 0 saturated carbocycles. The first-order chi connectivity index (χ1) is 11.5. The SMILES string of the molecule is CC(=O)c1cccc(NC(=O)NCC[S@@](=O)c2ccccc2F)c1. The fraction of sp³-hybridized carbons (Fsp3) is 0.176. The van der Waals surface area contributed by atoms with E-state index < -0.39 is 22.6 Å². The van der Waals surface area contributed by atoms with E-state index in [2.05, 4.69) is 10.6 Å². The number of rotatable bonds is 6. The van der Waals surface area contributed by atoms with E-state index in [9.17, 15) is 18.2 Å². The number of amides is 2. The highest BCUT2D eigenvalue weighted by Gasteiger charge is 2.10. The summed E-state index contributed by atoms with van der Waals surface area (Å²) in [5, 5.41) is 5.14. The number of halogens is 1. The van der Waals surface area contributed by atoms with Gasteiger partial charge in [-0.2, -0.15) is 0 Å². The van der Waals surface area contributed by atoms with Crippen molar-refractivity contribution in [1.29, 1.82) is 0 Å². The summed E-state index contributed by atoms with van der Waals surface area (Å²) < 4.78 is 25.5. The molecular formula is C17H17FN2O3S. The van der Waals surface area contributed by atoms with E-state index in [0.717, 1.165) is 0 Å². The number of nitrogens with one attached hydrogen (secondary N) is 2. The van der Waals surface area contributed by atoms with Crippen molar-refractivity contribution in [3.63, 3.8) is 0 Å². The van der Waals surface area contributed by atoms with E-state index in [1.54, 1.807) is 30.3 Å². The molecule has 0 aliphatic heterocycles. The van der Waals surface area contributed by atoms with Gasteiger partial charge < -0.3 is 10.6 Å². The standard InChI is InChI=1S/C17H17FN2O3S/c1-12(21)13-5-4-6-14(11-13)20-17(22)19-9-10-24(23)16-8-3-2-7-15(16)18/h2-8,11H,9-10H2,1H3,(H2,19,20,22)/t24-/m1/s1. The normalized spacial score (nSPS) is 11.6. The zero-order valence-electron chi connectivity index (χ0n) is 13.0. The van der Waals surface area contributed by atoms with Crippen LogP contribution in [0, 0.1) is 5.82 Å². The lowest BCUT2D eigenvalue weighted by Crippen LogP contribution is -2.32. The van der Waals surface area contributed by atoms with Gasteiger partial charge in [-0.05, 0) is 31.2 Å². The number of hydrogen-bond donors (Lipinski definition) is 2. The molecule has 0 aromatic heterocycles. The molecule has 0 spiro atoms. The Kier molecular flexibility index (Phi) is 6.20. The molecule has 0 radical (unpaired) electrons. The molecule has 1 atom stereocenters. The number of anilines is 1. The molecule has 7 heteroatoms. The van der Waals surface area contributed by atoms with Gasteiger partial charge in [-0.15, -0.1) is 0 Å². The Morgan fingerprint density at radius 3 is 2.58 bits per heavy atom. The Morgan fingerprint density at radius 1 is 1.12 bits per heavy atom. The van der Waals surface area contributed by atoms with Crippen LogP contribution in [0.4, 0.5) is 14.9 Å². The van der Waals surface area contributed by atoms with Gasteiger partial charge in [0, 0.05) is 23.5 Å². The summed E-state index contributed by atoms with van der Waals surface area (Å²) in [6.45, 7) is 1.57. The highest BCUT2D eigenvalue weighted by Crippen LogP contribution is 2.12. The highest BCUT2D eigenvalue weighted by atomic mass is 32.2. The maximum absolute atomic E-state index is 13.5. The van der Waals surface area contributed by atoms with Crippen LogP contribution in [0.5, 0.6) is 0 Å². The number of carbonyl (C=O) groups is 2. The number of ketones is 1. The van der Waals surface area contributed by atoms with Crippen molar-refractivity contribution >= 4 is 28.3 Å². The van der Waals surface area contributed by atoms with Gasteiger partial charge in [0.25, 0.3) is 0 Å². The molecule has 0 aliphatic rings. The van der Waals surface area contributed by atoms with Gasteiger partial charge in [-0.3, -0.25) is 9.00 Å². The Labute approximate surface area is 141 Å². The van der Waals surface area contributed by atoms with Crippen molar-refractivity contribution in [3.05, 3.63) is 59.9 Å². The van der Waals surface area contributed by atoms with Gasteiger partial charge in [0.1, 0.15) is 5.82 Å². The van der Waals surface area contributed by atoms with Crippen LogP contribution in [-0.2, 0) is 10.8 Å². The average Bonchev–Trinajstić information content (AvgIpc) is 2.55. The van der Waals surface area contributed by atoms with Crippen LogP contribution in [0.3, 0.4) is 0 Å². The van der Waals surface area contributed by atoms with Crippen LogP contribution in [0.15, 0.2) is 53.4 Å². The maximum atomic E-state index is 13.5. The Hall–Kier alpha value is -2.54. The summed E-state index contributed by atoms with van der Waals surface area (Å²) in [5.74, 6) is -0.525. The number of benzene rings is 2. The zero-order valence-corrected chi connectivity index (χ0v) is 13.9. The smallest absolute Gasteiger partial charge is 0.319 e. The third kappa shape index (κ3) is 4.99. The van der Waals surface area contributed by atoms with Crippen LogP contribution in [0.1, 0.15) is 17.3 Å². The lowest BCUT2D eigenvalue weighted by atomic mass is 10.1. The van der Waals surface area contributed by atoms with Crippen molar-refractivity contribution in [1.82, 2.24) is 5.32 Å². The second-order valence-electron chi connectivity index (χ2n) is 5.00. The molecule has 2 rings (SSSR count). The Morgan fingerprint density at radius 2 is 1.88 bits per heavy atom. The maximum Gasteiger partial charge on any atom is 0.319 e. The average molecular weight is 348 g/mol. The molecule has 2 amide bonds. The molecule has 0 fully saturated rings. The lowest BCUT2D eigenvalue weighted by molar-refractivity contribution is 0.101. The van der Waals surface area contributed by atoms with E-state index in [1.165, 1.54) is 25.1 Å². The summed E-state index contributed by atoms with van der Waals surface area (Å²) in [7, 11) is -1.53. The van der Waals surface area contributed by atoms with E-state index in [4.69, 9.17) is 0 Å². The first kappa shape index (κ1) is 17.8. The van der Waals surface area contributed by atoms with Crippen molar-refractivity contribution in [2.24, 2.45) is 0 Å². The van der Waals surface area contributed by atoms with Gasteiger partial charge >= 0.3 is 6.03 Å². The van der Waals surface area contributed by atoms with Crippen LogP contribution < -0.4 is 10.6 Å². The third-order valence-corrected chi connectivity index (χ3v) is 4.58. The molecule has 0 saturated heterocycles. The molecule has 0 heterocycles. The van der Waals surface area contributed by atoms with Crippen molar-refractivity contribution in [2.45, 2.75) is 11.8 Å². The number of hydrogen-bond acceptors (Lipinski definition) is 3. The predicted octanol–water partition coefficient (Wildman–Crippen LogP) is 2.96. The van der Waals surface area contributed by atoms with E-state index >= 15 is 0 Å². The van der Waals surface area contributed by atoms with E-state index in [0.29, 0.717) is 11.3 Å². The molecule has 5 nitrogen and oxygen atoms in total. The Balaban J connectivity index is 1.83. The van der Waals surface area contributed by atoms with Crippen molar-refractivity contribution in [2.75, 3.05) is 17.6 Å². The van der Waals surface area contributed by atoms with Crippen molar-refractivity contribution < 1.29 is 18.2 Å². The zero-order chi connectivity index (χ0) is 17.5. The molecular weight excluding hydrogens is 331 g/mol. The third-order valence-electron chi connectivity index (χ3n) is 3.18. The van der Waals surface area contributed by atoms with Gasteiger partial charge in [-0.1, -0.05) is 24.3 Å². The van der Waals surface area contributed by atoms with Crippen LogP contribution in [0.2, 0.25) is 0 Å². The fourth-order valence-corrected chi connectivity index (χ4v) is 3.01. The van der Waals surface area contributed by atoms with Gasteiger partial charge in [0.2, 0.25) is 0 Å². The minimum absolute atomic E-state index is 0.0978. The van der Waals surface area contributed by atoms with Gasteiger partial charge in [0.15, 0.2) is 5.78 Å². The molecule has 2 aromatic rings. The molecule has 2 aromatic carbocycles. The molecule has 2 N–H and O–H groups in total. The van der Waals surface area contributed by atoms with E-state index in [-0.39, 0.29) is 23.0 Å². The van der Waals surface area contributed by atoms with Gasteiger partial charge in [0.05, 0.1) is 15.7 Å².